The summed E-state index contributed by atoms with van der Waals surface area (Å²) in [5.74, 6) is 0.651. The number of nitrogens with two attached hydrogens (primary N) is 1. The predicted octanol–water partition coefficient (Wildman–Crippen LogP) is 3.07. The molecule has 126 valence electrons. The fraction of sp³-hybridized carbons (Fsp3) is 0.278. The number of hydrogen-bond donors (Lipinski definition) is 1. The number of anilines is 1. The van der Waals surface area contributed by atoms with Crippen LogP contribution >= 0.6 is 11.6 Å². The van der Waals surface area contributed by atoms with E-state index in [4.69, 9.17) is 26.8 Å². The van der Waals surface area contributed by atoms with Gasteiger partial charge in [-0.1, -0.05) is 41.9 Å². The zero-order valence-electron chi connectivity index (χ0n) is 13.5. The van der Waals surface area contributed by atoms with Crippen molar-refractivity contribution in [2.24, 2.45) is 10.7 Å². The third kappa shape index (κ3) is 3.92. The minimum absolute atomic E-state index is 0.00962. The number of nitrogens with zero attached hydrogens (tertiary/aromatic N) is 2. The van der Waals surface area contributed by atoms with Crippen molar-refractivity contribution >= 4 is 23.3 Å². The molecule has 0 aromatic heterocycles. The number of methoxy groups -OCH3 is 1. The van der Waals surface area contributed by atoms with Crippen LogP contribution in [-0.4, -0.2) is 32.3 Å². The summed E-state index contributed by atoms with van der Waals surface area (Å²) < 4.78 is 10.6. The van der Waals surface area contributed by atoms with Gasteiger partial charge in [-0.05, 0) is 17.7 Å². The monoisotopic (exact) mass is 345 g/mol. The third-order valence-electron chi connectivity index (χ3n) is 3.88. The molecule has 0 spiro atoms. The number of halogens is 1. The molecule has 2 aromatic carbocycles. The first kappa shape index (κ1) is 16.5. The number of aliphatic imine (C=N–C) groups is 1. The van der Waals surface area contributed by atoms with Crippen molar-refractivity contribution in [2.45, 2.75) is 12.6 Å². The summed E-state index contributed by atoms with van der Waals surface area (Å²) in [5, 5.41) is 0.590. The van der Waals surface area contributed by atoms with Crippen LogP contribution in [0.2, 0.25) is 5.02 Å². The summed E-state index contributed by atoms with van der Waals surface area (Å²) in [6, 6.07) is 16.3. The molecule has 0 radical (unpaired) electrons. The van der Waals surface area contributed by atoms with E-state index in [-0.39, 0.29) is 12.1 Å². The van der Waals surface area contributed by atoms with Crippen molar-refractivity contribution in [1.29, 1.82) is 0 Å². The summed E-state index contributed by atoms with van der Waals surface area (Å²) in [6.45, 7) is 1.94. The van der Waals surface area contributed by atoms with Crippen LogP contribution in [0.25, 0.3) is 0 Å². The predicted molar refractivity (Wildman–Crippen MR) is 96.9 cm³/mol. The number of rotatable bonds is 6. The Labute approximate surface area is 146 Å². The van der Waals surface area contributed by atoms with E-state index in [0.29, 0.717) is 23.9 Å². The Bertz CT molecular complexity index is 721. The quantitative estimate of drug-likeness (QED) is 0.874. The molecule has 0 saturated heterocycles. The smallest absolute Gasteiger partial charge is 0.282 e. The van der Waals surface area contributed by atoms with E-state index in [1.54, 1.807) is 7.11 Å². The van der Waals surface area contributed by atoms with Gasteiger partial charge in [0.05, 0.1) is 12.1 Å². The van der Waals surface area contributed by atoms with Crippen molar-refractivity contribution in [3.05, 3.63) is 59.1 Å². The van der Waals surface area contributed by atoms with Gasteiger partial charge in [-0.15, -0.1) is 0 Å². The van der Waals surface area contributed by atoms with Crippen LogP contribution in [0.5, 0.6) is 5.75 Å². The molecule has 1 atom stereocenters. The van der Waals surface area contributed by atoms with Gasteiger partial charge in [-0.2, -0.15) is 0 Å². The van der Waals surface area contributed by atoms with Crippen LogP contribution in [0.1, 0.15) is 5.56 Å². The summed E-state index contributed by atoms with van der Waals surface area (Å²) in [7, 11) is 1.61. The minimum Gasteiger partial charge on any atom is -0.495 e. The third-order valence-corrected chi connectivity index (χ3v) is 4.19. The van der Waals surface area contributed by atoms with E-state index in [1.807, 2.05) is 36.4 Å². The molecule has 0 saturated carbocycles. The van der Waals surface area contributed by atoms with Crippen LogP contribution in [0, 0.1) is 0 Å². The molecular formula is C18H20ClN3O2. The maximum atomic E-state index is 6.15. The largest absolute Gasteiger partial charge is 0.495 e. The van der Waals surface area contributed by atoms with Gasteiger partial charge in [0.25, 0.3) is 6.02 Å². The summed E-state index contributed by atoms with van der Waals surface area (Å²) >= 11 is 6.15. The maximum absolute atomic E-state index is 6.15. The van der Waals surface area contributed by atoms with Crippen LogP contribution in [-0.2, 0) is 11.3 Å². The number of benzene rings is 2. The SMILES string of the molecule is COc1cc(N(Cc2ccccc2)C[C@H]2COC(N)=N2)ccc1Cl. The molecule has 2 aromatic rings. The second-order valence-corrected chi connectivity index (χ2v) is 6.02. The Morgan fingerprint density at radius 3 is 2.75 bits per heavy atom. The van der Waals surface area contributed by atoms with E-state index in [2.05, 4.69) is 22.0 Å². The van der Waals surface area contributed by atoms with Crippen LogP contribution < -0.4 is 15.4 Å². The highest BCUT2D eigenvalue weighted by Gasteiger charge is 2.21. The first-order valence-electron chi connectivity index (χ1n) is 7.74. The first-order chi connectivity index (χ1) is 11.7. The van der Waals surface area contributed by atoms with Crippen molar-refractivity contribution < 1.29 is 9.47 Å². The van der Waals surface area contributed by atoms with Gasteiger partial charge in [0.1, 0.15) is 18.4 Å². The standard InChI is InChI=1S/C18H20ClN3O2/c1-23-17-9-15(7-8-16(17)19)22(10-13-5-3-2-4-6-13)11-14-12-24-18(20)21-14/h2-9,14H,10-12H2,1H3,(H2,20,21)/t14-/m0/s1. The lowest BCUT2D eigenvalue weighted by molar-refractivity contribution is 0.313. The average Bonchev–Trinajstić information content (AvgIpc) is 3.01. The second kappa shape index (κ2) is 7.45. The second-order valence-electron chi connectivity index (χ2n) is 5.62. The fourth-order valence-corrected chi connectivity index (χ4v) is 2.89. The molecule has 6 heteroatoms. The summed E-state index contributed by atoms with van der Waals surface area (Å²) in [5.41, 5.74) is 7.85. The molecule has 5 nitrogen and oxygen atoms in total. The summed E-state index contributed by atoms with van der Waals surface area (Å²) in [6.07, 6.45) is 0. The van der Waals surface area contributed by atoms with Gasteiger partial charge >= 0.3 is 0 Å². The van der Waals surface area contributed by atoms with Crippen LogP contribution in [0.15, 0.2) is 53.5 Å². The van der Waals surface area contributed by atoms with E-state index in [0.717, 1.165) is 12.2 Å². The molecule has 1 aliphatic rings. The lowest BCUT2D eigenvalue weighted by atomic mass is 10.1. The van der Waals surface area contributed by atoms with E-state index in [1.165, 1.54) is 5.56 Å². The van der Waals surface area contributed by atoms with E-state index in [9.17, 15) is 0 Å². The van der Waals surface area contributed by atoms with Gasteiger partial charge in [0.2, 0.25) is 0 Å². The van der Waals surface area contributed by atoms with Gasteiger partial charge < -0.3 is 20.1 Å². The molecule has 3 rings (SSSR count). The molecule has 0 aliphatic carbocycles. The lowest BCUT2D eigenvalue weighted by Crippen LogP contribution is -2.32. The number of ether oxygens (including phenoxy) is 2. The van der Waals surface area contributed by atoms with Gasteiger partial charge in [0.15, 0.2) is 0 Å². The van der Waals surface area contributed by atoms with Crippen molar-refractivity contribution in [3.63, 3.8) is 0 Å². The van der Waals surface area contributed by atoms with Crippen molar-refractivity contribution in [3.8, 4) is 5.75 Å². The highest BCUT2D eigenvalue weighted by molar-refractivity contribution is 6.32. The molecule has 0 amide bonds. The Morgan fingerprint density at radius 2 is 2.08 bits per heavy atom. The highest BCUT2D eigenvalue weighted by Crippen LogP contribution is 2.30. The van der Waals surface area contributed by atoms with Crippen molar-refractivity contribution in [1.82, 2.24) is 0 Å². The normalized spacial score (nSPS) is 16.4. The molecule has 24 heavy (non-hydrogen) atoms. The first-order valence-corrected chi connectivity index (χ1v) is 8.12. The van der Waals surface area contributed by atoms with Crippen LogP contribution in [0.3, 0.4) is 0 Å². The van der Waals surface area contributed by atoms with Crippen molar-refractivity contribution in [2.75, 3.05) is 25.2 Å². The number of amidine groups is 1. The van der Waals surface area contributed by atoms with Gasteiger partial charge in [-0.3, -0.25) is 0 Å². The topological polar surface area (TPSA) is 60.1 Å². The maximum Gasteiger partial charge on any atom is 0.282 e. The van der Waals surface area contributed by atoms with Crippen LogP contribution in [0.4, 0.5) is 5.69 Å². The van der Waals surface area contributed by atoms with Gasteiger partial charge in [0, 0.05) is 24.8 Å². The molecule has 2 N–H and O–H groups in total. The molecule has 1 heterocycles. The fourth-order valence-electron chi connectivity index (χ4n) is 2.69. The zero-order chi connectivity index (χ0) is 16.9. The van der Waals surface area contributed by atoms with E-state index >= 15 is 0 Å². The number of hydrogen-bond acceptors (Lipinski definition) is 5. The molecule has 0 unspecified atom stereocenters. The highest BCUT2D eigenvalue weighted by atomic mass is 35.5. The molecule has 0 bridgehead atoms. The van der Waals surface area contributed by atoms with E-state index < -0.39 is 0 Å². The Kier molecular flexibility index (Phi) is 5.11. The Hall–Kier alpha value is -2.40. The average molecular weight is 346 g/mol. The molecular weight excluding hydrogens is 326 g/mol. The minimum atomic E-state index is 0.00962. The lowest BCUT2D eigenvalue weighted by Gasteiger charge is -2.27. The Balaban J connectivity index is 1.86. The molecule has 0 fully saturated rings. The zero-order valence-corrected chi connectivity index (χ0v) is 14.2. The molecule has 1 aliphatic heterocycles. The Morgan fingerprint density at radius 1 is 1.29 bits per heavy atom. The summed E-state index contributed by atoms with van der Waals surface area (Å²) in [4.78, 5) is 6.56. The van der Waals surface area contributed by atoms with Gasteiger partial charge in [-0.25, -0.2) is 4.99 Å².